The van der Waals surface area contributed by atoms with Crippen molar-refractivity contribution < 1.29 is 16.8 Å². The van der Waals surface area contributed by atoms with E-state index in [1.54, 1.807) is 60.7 Å². The van der Waals surface area contributed by atoms with Gasteiger partial charge in [-0.15, -0.1) is 0 Å². The summed E-state index contributed by atoms with van der Waals surface area (Å²) in [6, 6.07) is 16.8. The van der Waals surface area contributed by atoms with Crippen molar-refractivity contribution in [3.8, 4) is 0 Å². The first kappa shape index (κ1) is 23.3. The van der Waals surface area contributed by atoms with Crippen molar-refractivity contribution in [3.05, 3.63) is 60.7 Å². The van der Waals surface area contributed by atoms with Crippen molar-refractivity contribution in [1.82, 2.24) is 0 Å². The van der Waals surface area contributed by atoms with Crippen LogP contribution in [0.3, 0.4) is 0 Å². The van der Waals surface area contributed by atoms with Gasteiger partial charge in [0.2, 0.25) is 0 Å². The van der Waals surface area contributed by atoms with Crippen molar-refractivity contribution in [2.45, 2.75) is 47.0 Å². The summed E-state index contributed by atoms with van der Waals surface area (Å²) in [7, 11) is -4.00. The molecule has 0 aliphatic rings. The highest BCUT2D eigenvalue weighted by Crippen LogP contribution is 2.45. The van der Waals surface area contributed by atoms with Gasteiger partial charge >= 0.3 is 0 Å². The van der Waals surface area contributed by atoms with E-state index in [0.717, 1.165) is 0 Å². The molecule has 4 nitrogen and oxygen atoms in total. The van der Waals surface area contributed by atoms with Crippen LogP contribution in [0.2, 0.25) is 0 Å². The minimum absolute atomic E-state index is 0.0246. The molecule has 0 radical (unpaired) electrons. The average molecular weight is 459 g/mol. The minimum Gasteiger partial charge on any atom is -0.224 e. The van der Waals surface area contributed by atoms with E-state index in [4.69, 9.17) is 0 Å². The van der Waals surface area contributed by atoms with Crippen molar-refractivity contribution in [3.63, 3.8) is 0 Å². The summed E-state index contributed by atoms with van der Waals surface area (Å²) >= 11 is 0. The normalized spacial score (nSPS) is 13.4. The lowest BCUT2D eigenvalue weighted by Gasteiger charge is -2.29. The first-order chi connectivity index (χ1) is 12.8. The molecule has 0 saturated carbocycles. The monoisotopic (exact) mass is 458 g/mol. The maximum atomic E-state index is 12.7. The van der Waals surface area contributed by atoms with Gasteiger partial charge < -0.3 is 0 Å². The fraction of sp³-hybridized carbons (Fsp3) is 0.400. The van der Waals surface area contributed by atoms with Crippen LogP contribution in [0, 0.1) is 0 Å². The van der Waals surface area contributed by atoms with E-state index in [0.29, 0.717) is 9.79 Å². The molecule has 0 amide bonds. The van der Waals surface area contributed by atoms with Gasteiger partial charge in [-0.1, -0.05) is 58.0 Å². The second-order valence-electron chi connectivity index (χ2n) is 7.83. The highest BCUT2D eigenvalue weighted by molar-refractivity contribution is 8.77. The van der Waals surface area contributed by atoms with Crippen LogP contribution < -0.4 is 0 Å². The van der Waals surface area contributed by atoms with E-state index < -0.39 is 29.2 Å². The summed E-state index contributed by atoms with van der Waals surface area (Å²) in [4.78, 5) is 0.610. The van der Waals surface area contributed by atoms with Gasteiger partial charge in [0, 0.05) is 9.49 Å². The third kappa shape index (κ3) is 6.83. The Morgan fingerprint density at radius 1 is 0.607 bits per heavy atom. The molecule has 0 atom stereocenters. The Bertz CT molecular complexity index is 898. The lowest BCUT2D eigenvalue weighted by atomic mass is 10.2. The summed E-state index contributed by atoms with van der Waals surface area (Å²) in [5.41, 5.74) is 0. The molecule has 0 spiro atoms. The molecule has 0 saturated heterocycles. The molecule has 0 aromatic heterocycles. The van der Waals surface area contributed by atoms with Crippen LogP contribution in [0.25, 0.3) is 0 Å². The number of benzene rings is 2. The van der Waals surface area contributed by atoms with Crippen molar-refractivity contribution in [1.29, 1.82) is 0 Å². The number of sulfone groups is 2. The fourth-order valence-electron chi connectivity index (χ4n) is 2.61. The van der Waals surface area contributed by atoms with Crippen LogP contribution in [-0.4, -0.2) is 37.8 Å². The summed E-state index contributed by atoms with van der Waals surface area (Å²) in [5.74, 6) is -0.0492. The van der Waals surface area contributed by atoms with Crippen LogP contribution in [0.5, 0.6) is 0 Å². The second-order valence-corrected chi connectivity index (χ2v) is 15.4. The molecular formula is C20H26O4S4. The standard InChI is InChI=1S/C20H26O4S4/c1-19(2,15-27(21,22)17-11-7-5-8-12-17)25-26-20(3,4)16-28(23,24)18-13-9-6-10-14-18/h5-14H,15-16H2,1-4H3. The van der Waals surface area contributed by atoms with E-state index in [2.05, 4.69) is 0 Å². The molecule has 8 heteroatoms. The highest BCUT2D eigenvalue weighted by atomic mass is 33.1. The van der Waals surface area contributed by atoms with E-state index in [-0.39, 0.29) is 11.5 Å². The number of rotatable bonds is 9. The topological polar surface area (TPSA) is 68.3 Å². The third-order valence-corrected chi connectivity index (χ3v) is 12.6. The lowest BCUT2D eigenvalue weighted by molar-refractivity contribution is 0.586. The first-order valence-corrected chi connectivity index (χ1v) is 14.2. The van der Waals surface area contributed by atoms with Gasteiger partial charge in [0.1, 0.15) is 0 Å². The predicted molar refractivity (Wildman–Crippen MR) is 120 cm³/mol. The molecular weight excluding hydrogens is 432 g/mol. The Hall–Kier alpha value is -0.960. The van der Waals surface area contributed by atoms with Gasteiger partial charge in [0.25, 0.3) is 0 Å². The largest absolute Gasteiger partial charge is 0.224 e. The Kier molecular flexibility index (Phi) is 7.34. The Morgan fingerprint density at radius 2 is 0.893 bits per heavy atom. The van der Waals surface area contributed by atoms with Crippen LogP contribution in [-0.2, 0) is 19.7 Å². The molecule has 0 N–H and O–H groups in total. The van der Waals surface area contributed by atoms with E-state index in [1.165, 1.54) is 21.6 Å². The molecule has 0 aliphatic carbocycles. The lowest BCUT2D eigenvalue weighted by Crippen LogP contribution is -2.30. The Labute approximate surface area is 176 Å². The highest BCUT2D eigenvalue weighted by Gasteiger charge is 2.34. The van der Waals surface area contributed by atoms with Crippen LogP contribution in [0.4, 0.5) is 0 Å². The van der Waals surface area contributed by atoms with Gasteiger partial charge in [-0.05, 0) is 52.0 Å². The zero-order valence-electron chi connectivity index (χ0n) is 16.5. The van der Waals surface area contributed by atoms with Crippen molar-refractivity contribution in [2.75, 3.05) is 11.5 Å². The van der Waals surface area contributed by atoms with Gasteiger partial charge in [-0.3, -0.25) is 0 Å². The number of hydrogen-bond acceptors (Lipinski definition) is 6. The molecule has 154 valence electrons. The maximum Gasteiger partial charge on any atom is 0.179 e. The van der Waals surface area contributed by atoms with Gasteiger partial charge in [-0.25, -0.2) is 16.8 Å². The molecule has 28 heavy (non-hydrogen) atoms. The average Bonchev–Trinajstić information content (AvgIpc) is 2.60. The van der Waals surface area contributed by atoms with Crippen molar-refractivity contribution in [2.24, 2.45) is 0 Å². The molecule has 0 fully saturated rings. The second kappa shape index (κ2) is 8.81. The Morgan fingerprint density at radius 3 is 1.18 bits per heavy atom. The van der Waals surface area contributed by atoms with E-state index in [9.17, 15) is 16.8 Å². The minimum atomic E-state index is -3.42. The fourth-order valence-corrected chi connectivity index (χ4v) is 9.91. The summed E-state index contributed by atoms with van der Waals surface area (Å²) < 4.78 is 49.5. The van der Waals surface area contributed by atoms with Crippen LogP contribution in [0.15, 0.2) is 70.5 Å². The zero-order chi connectivity index (χ0) is 21.1. The molecule has 0 bridgehead atoms. The molecule has 0 unspecified atom stereocenters. The SMILES string of the molecule is CC(C)(CS(=O)(=O)c1ccccc1)SSC(C)(C)CS(=O)(=O)c1ccccc1. The van der Waals surface area contributed by atoms with Gasteiger partial charge in [0.15, 0.2) is 19.7 Å². The molecule has 2 rings (SSSR count). The van der Waals surface area contributed by atoms with Crippen LogP contribution in [0.1, 0.15) is 27.7 Å². The molecule has 0 aliphatic heterocycles. The van der Waals surface area contributed by atoms with Crippen molar-refractivity contribution >= 4 is 41.3 Å². The summed E-state index contributed by atoms with van der Waals surface area (Å²) in [6.07, 6.45) is 0. The third-order valence-electron chi connectivity index (χ3n) is 3.77. The smallest absolute Gasteiger partial charge is 0.179 e. The molecule has 2 aromatic rings. The number of hydrogen-bond donors (Lipinski definition) is 0. The zero-order valence-corrected chi connectivity index (χ0v) is 19.7. The molecule has 2 aromatic carbocycles. The maximum absolute atomic E-state index is 12.7. The summed E-state index contributed by atoms with van der Waals surface area (Å²) in [5, 5.41) is 0. The quantitative estimate of drug-likeness (QED) is 0.499. The molecule has 0 heterocycles. The van der Waals surface area contributed by atoms with E-state index >= 15 is 0 Å². The van der Waals surface area contributed by atoms with E-state index in [1.807, 2.05) is 27.7 Å². The Balaban J connectivity index is 2.04. The predicted octanol–water partition coefficient (Wildman–Crippen LogP) is 4.87. The van der Waals surface area contributed by atoms with Gasteiger partial charge in [0.05, 0.1) is 21.3 Å². The summed E-state index contributed by atoms with van der Waals surface area (Å²) in [6.45, 7) is 7.47. The van der Waals surface area contributed by atoms with Gasteiger partial charge in [-0.2, -0.15) is 0 Å². The first-order valence-electron chi connectivity index (χ1n) is 8.76. The van der Waals surface area contributed by atoms with Crippen LogP contribution >= 0.6 is 21.6 Å².